The van der Waals surface area contributed by atoms with Crippen LogP contribution in [0.3, 0.4) is 0 Å². The summed E-state index contributed by atoms with van der Waals surface area (Å²) in [6.45, 7) is 0. The topological polar surface area (TPSA) is 87.5 Å². The second-order valence-electron chi connectivity index (χ2n) is 7.22. The van der Waals surface area contributed by atoms with Crippen molar-refractivity contribution in [3.8, 4) is 34.3 Å². The third-order valence-electron chi connectivity index (χ3n) is 5.09. The van der Waals surface area contributed by atoms with E-state index in [9.17, 15) is 9.18 Å². The van der Waals surface area contributed by atoms with E-state index >= 15 is 0 Å². The molecule has 0 aliphatic rings. The number of hydrogen-bond acceptors (Lipinski definition) is 7. The molecule has 35 heavy (non-hydrogen) atoms. The summed E-state index contributed by atoms with van der Waals surface area (Å²) in [5, 5.41) is 11.7. The molecule has 10 heteroatoms. The van der Waals surface area contributed by atoms with E-state index in [0.29, 0.717) is 45.2 Å². The van der Waals surface area contributed by atoms with Crippen LogP contribution >= 0.6 is 11.8 Å². The number of ether oxygens (including phenoxy) is 3. The normalized spacial score (nSPS) is 10.6. The minimum Gasteiger partial charge on any atom is -0.497 e. The molecule has 1 N–H and O–H groups in total. The lowest BCUT2D eigenvalue weighted by Crippen LogP contribution is -2.15. The highest BCUT2D eigenvalue weighted by molar-refractivity contribution is 7.99. The molecule has 4 aromatic rings. The van der Waals surface area contributed by atoms with Gasteiger partial charge in [0.15, 0.2) is 11.0 Å². The molecule has 1 amide bonds. The maximum absolute atomic E-state index is 14.6. The van der Waals surface area contributed by atoms with Gasteiger partial charge < -0.3 is 19.5 Å². The van der Waals surface area contributed by atoms with Gasteiger partial charge in [-0.25, -0.2) is 4.39 Å². The average molecular weight is 495 g/mol. The van der Waals surface area contributed by atoms with Crippen LogP contribution in [0.2, 0.25) is 0 Å². The number of aromatic nitrogens is 3. The Morgan fingerprint density at radius 2 is 1.66 bits per heavy atom. The molecule has 0 aliphatic heterocycles. The average Bonchev–Trinajstić information content (AvgIpc) is 3.31. The highest BCUT2D eigenvalue weighted by atomic mass is 32.2. The summed E-state index contributed by atoms with van der Waals surface area (Å²) in [4.78, 5) is 12.7. The van der Waals surface area contributed by atoms with Crippen molar-refractivity contribution in [2.24, 2.45) is 0 Å². The summed E-state index contributed by atoms with van der Waals surface area (Å²) < 4.78 is 32.1. The zero-order chi connectivity index (χ0) is 24.8. The first-order valence-electron chi connectivity index (χ1n) is 10.5. The van der Waals surface area contributed by atoms with Gasteiger partial charge in [-0.2, -0.15) is 0 Å². The van der Waals surface area contributed by atoms with Crippen molar-refractivity contribution in [3.05, 3.63) is 72.5 Å². The van der Waals surface area contributed by atoms with Gasteiger partial charge in [-0.3, -0.25) is 9.36 Å². The highest BCUT2D eigenvalue weighted by Gasteiger charge is 2.20. The van der Waals surface area contributed by atoms with Gasteiger partial charge in [-0.15, -0.1) is 10.2 Å². The zero-order valence-corrected chi connectivity index (χ0v) is 20.1. The molecule has 0 fully saturated rings. The molecule has 0 radical (unpaired) electrons. The first-order valence-corrected chi connectivity index (χ1v) is 11.5. The van der Waals surface area contributed by atoms with Crippen LogP contribution in [0.25, 0.3) is 17.1 Å². The zero-order valence-electron chi connectivity index (χ0n) is 19.3. The quantitative estimate of drug-likeness (QED) is 0.334. The van der Waals surface area contributed by atoms with E-state index in [1.807, 2.05) is 12.1 Å². The lowest BCUT2D eigenvalue weighted by molar-refractivity contribution is -0.113. The van der Waals surface area contributed by atoms with Crippen molar-refractivity contribution < 1.29 is 23.4 Å². The van der Waals surface area contributed by atoms with Gasteiger partial charge in [0.2, 0.25) is 5.91 Å². The number of thioether (sulfide) groups is 1. The molecule has 0 unspecified atom stereocenters. The number of rotatable bonds is 9. The number of methoxy groups -OCH3 is 3. The summed E-state index contributed by atoms with van der Waals surface area (Å²) >= 11 is 1.18. The first-order chi connectivity index (χ1) is 17.0. The number of hydrogen-bond donors (Lipinski definition) is 1. The van der Waals surface area contributed by atoms with Gasteiger partial charge in [-0.1, -0.05) is 23.9 Å². The smallest absolute Gasteiger partial charge is 0.234 e. The Kier molecular flexibility index (Phi) is 7.51. The van der Waals surface area contributed by atoms with E-state index < -0.39 is 5.82 Å². The predicted molar refractivity (Wildman–Crippen MR) is 132 cm³/mol. The number of anilines is 1. The summed E-state index contributed by atoms with van der Waals surface area (Å²) in [5.74, 6) is 1.45. The van der Waals surface area contributed by atoms with Gasteiger partial charge in [0, 0.05) is 6.07 Å². The molecule has 4 rings (SSSR count). The maximum Gasteiger partial charge on any atom is 0.234 e. The van der Waals surface area contributed by atoms with Gasteiger partial charge in [0.05, 0.1) is 44.0 Å². The molecule has 1 aromatic heterocycles. The van der Waals surface area contributed by atoms with Crippen LogP contribution in [-0.2, 0) is 4.79 Å². The Balaban J connectivity index is 1.60. The summed E-state index contributed by atoms with van der Waals surface area (Å²) in [5.41, 5.74) is 1.52. The van der Waals surface area contributed by atoms with E-state index in [0.717, 1.165) is 0 Å². The van der Waals surface area contributed by atoms with Gasteiger partial charge >= 0.3 is 0 Å². The van der Waals surface area contributed by atoms with Crippen LogP contribution in [0.1, 0.15) is 0 Å². The monoisotopic (exact) mass is 494 g/mol. The minimum absolute atomic E-state index is 0.0424. The number of amides is 1. The number of benzene rings is 3. The molecule has 0 aliphatic carbocycles. The Labute approximate surface area is 206 Å². The molecule has 180 valence electrons. The summed E-state index contributed by atoms with van der Waals surface area (Å²) in [7, 11) is 4.65. The molecular weight excluding hydrogens is 471 g/mol. The Morgan fingerprint density at radius 1 is 0.943 bits per heavy atom. The number of halogens is 1. The van der Waals surface area contributed by atoms with Crippen molar-refractivity contribution in [3.63, 3.8) is 0 Å². The number of carbonyl (C=O) groups is 1. The lowest BCUT2D eigenvalue weighted by atomic mass is 10.2. The van der Waals surface area contributed by atoms with Crippen molar-refractivity contribution in [2.75, 3.05) is 32.4 Å². The second-order valence-corrected chi connectivity index (χ2v) is 8.17. The molecular formula is C25H23FN4O4S. The number of nitrogens with zero attached hydrogens (tertiary/aromatic N) is 3. The van der Waals surface area contributed by atoms with E-state index in [2.05, 4.69) is 15.5 Å². The second kappa shape index (κ2) is 10.9. The van der Waals surface area contributed by atoms with Gasteiger partial charge in [0.1, 0.15) is 23.1 Å². The Bertz CT molecular complexity index is 1330. The van der Waals surface area contributed by atoms with E-state index in [4.69, 9.17) is 14.2 Å². The van der Waals surface area contributed by atoms with Gasteiger partial charge in [0.25, 0.3) is 0 Å². The fourth-order valence-electron chi connectivity index (χ4n) is 3.36. The third kappa shape index (κ3) is 5.38. The van der Waals surface area contributed by atoms with Crippen LogP contribution < -0.4 is 19.5 Å². The SMILES string of the molecule is COc1ccc(-n2c(SCC(=O)Nc3ccc(OC)cc3OC)nnc2-c2ccccc2F)cc1. The van der Waals surface area contributed by atoms with Crippen LogP contribution in [0.4, 0.5) is 10.1 Å². The molecule has 0 saturated heterocycles. The van der Waals surface area contributed by atoms with E-state index in [-0.39, 0.29) is 11.7 Å². The van der Waals surface area contributed by atoms with Crippen molar-refractivity contribution in [1.29, 1.82) is 0 Å². The van der Waals surface area contributed by atoms with E-state index in [1.54, 1.807) is 67.3 Å². The summed E-state index contributed by atoms with van der Waals surface area (Å²) in [6, 6.07) is 18.7. The molecule has 1 heterocycles. The number of nitrogens with one attached hydrogen (secondary N) is 1. The lowest BCUT2D eigenvalue weighted by Gasteiger charge is -2.13. The first kappa shape index (κ1) is 24.1. The van der Waals surface area contributed by atoms with Crippen LogP contribution in [0.5, 0.6) is 17.2 Å². The van der Waals surface area contributed by atoms with Crippen molar-refractivity contribution in [1.82, 2.24) is 14.8 Å². The van der Waals surface area contributed by atoms with Crippen molar-refractivity contribution in [2.45, 2.75) is 5.16 Å². The molecule has 0 atom stereocenters. The Morgan fingerprint density at radius 3 is 2.34 bits per heavy atom. The fraction of sp³-hybridized carbons (Fsp3) is 0.160. The molecule has 0 bridgehead atoms. The maximum atomic E-state index is 14.6. The largest absolute Gasteiger partial charge is 0.497 e. The van der Waals surface area contributed by atoms with E-state index in [1.165, 1.54) is 24.9 Å². The standard InChI is InChI=1S/C25H23FN4O4S/c1-32-17-10-8-16(9-11-17)30-24(19-6-4-5-7-20(19)26)28-29-25(30)35-15-23(31)27-21-13-12-18(33-2)14-22(21)34-3/h4-14H,15H2,1-3H3,(H,27,31). The number of carbonyl (C=O) groups excluding carboxylic acids is 1. The minimum atomic E-state index is -0.421. The molecule has 0 spiro atoms. The van der Waals surface area contributed by atoms with Crippen LogP contribution in [-0.4, -0.2) is 47.8 Å². The predicted octanol–water partition coefficient (Wildman–Crippen LogP) is 4.83. The van der Waals surface area contributed by atoms with Crippen LogP contribution in [0.15, 0.2) is 71.9 Å². The summed E-state index contributed by atoms with van der Waals surface area (Å²) in [6.07, 6.45) is 0. The molecule has 3 aromatic carbocycles. The van der Waals surface area contributed by atoms with Crippen LogP contribution in [0, 0.1) is 5.82 Å². The highest BCUT2D eigenvalue weighted by Crippen LogP contribution is 2.32. The molecule has 0 saturated carbocycles. The third-order valence-corrected chi connectivity index (χ3v) is 6.02. The fourth-order valence-corrected chi connectivity index (χ4v) is 4.11. The molecule has 8 nitrogen and oxygen atoms in total. The van der Waals surface area contributed by atoms with Gasteiger partial charge in [-0.05, 0) is 48.5 Å². The Hall–Kier alpha value is -4.05. The van der Waals surface area contributed by atoms with Crippen molar-refractivity contribution >= 4 is 23.4 Å².